The number of aryl methyl sites for hydroxylation is 1. The maximum absolute atomic E-state index is 14.9. The number of benzene rings is 1. The second-order valence-corrected chi connectivity index (χ2v) is 11.9. The monoisotopic (exact) mass is 569 g/mol. The molecule has 4 heterocycles. The van der Waals surface area contributed by atoms with Crippen molar-refractivity contribution in [1.29, 1.82) is 0 Å². The minimum atomic E-state index is -1.97. The lowest BCUT2D eigenvalue weighted by molar-refractivity contribution is -0.172. The van der Waals surface area contributed by atoms with Gasteiger partial charge in [-0.3, -0.25) is 9.59 Å². The van der Waals surface area contributed by atoms with Crippen LogP contribution in [0.4, 0.5) is 4.39 Å². The van der Waals surface area contributed by atoms with Gasteiger partial charge in [-0.25, -0.2) is 14.2 Å². The van der Waals surface area contributed by atoms with Crippen molar-refractivity contribution in [2.45, 2.75) is 77.4 Å². The van der Waals surface area contributed by atoms with Gasteiger partial charge in [0.05, 0.1) is 45.7 Å². The van der Waals surface area contributed by atoms with Crippen LogP contribution in [0.25, 0.3) is 22.3 Å². The lowest BCUT2D eigenvalue weighted by Gasteiger charge is -2.31. The molecule has 2 aromatic heterocycles. The molecule has 0 unspecified atom stereocenters. The number of fused-ring (bicyclic) bond motifs is 5. The van der Waals surface area contributed by atoms with Gasteiger partial charge in [-0.05, 0) is 57.2 Å². The molecule has 0 saturated carbocycles. The second-order valence-electron chi connectivity index (χ2n) is 11.6. The molecule has 2 aliphatic heterocycles. The molecule has 0 radical (unpaired) electrons. The van der Waals surface area contributed by atoms with Crippen LogP contribution < -0.4 is 10.9 Å². The number of cyclic esters (lactones) is 1. The molecule has 2 atom stereocenters. The number of halogens is 2. The van der Waals surface area contributed by atoms with E-state index in [-0.39, 0.29) is 48.2 Å². The molecular weight excluding hydrogens is 541 g/mol. The highest BCUT2D eigenvalue weighted by molar-refractivity contribution is 6.32. The summed E-state index contributed by atoms with van der Waals surface area (Å²) in [5, 5.41) is 14.9. The van der Waals surface area contributed by atoms with Crippen molar-refractivity contribution in [2.75, 3.05) is 6.61 Å². The summed E-state index contributed by atoms with van der Waals surface area (Å²) in [7, 11) is 0. The Labute approximate surface area is 234 Å². The lowest BCUT2D eigenvalue weighted by Crippen LogP contribution is -2.44. The number of ether oxygens (including phenoxy) is 2. The molecule has 1 aliphatic carbocycles. The predicted octanol–water partition coefficient (Wildman–Crippen LogP) is 3.79. The first-order valence-electron chi connectivity index (χ1n) is 13.3. The van der Waals surface area contributed by atoms with E-state index in [4.69, 9.17) is 26.1 Å². The van der Waals surface area contributed by atoms with E-state index in [0.29, 0.717) is 46.3 Å². The van der Waals surface area contributed by atoms with Crippen molar-refractivity contribution in [3.8, 4) is 11.4 Å². The first kappa shape index (κ1) is 26.9. The van der Waals surface area contributed by atoms with E-state index >= 15 is 0 Å². The van der Waals surface area contributed by atoms with Gasteiger partial charge in [0.2, 0.25) is 5.91 Å². The first-order valence-corrected chi connectivity index (χ1v) is 13.7. The Morgan fingerprint density at radius 3 is 2.75 bits per heavy atom. The molecular formula is C29H29ClFN3O6. The molecule has 11 heteroatoms. The van der Waals surface area contributed by atoms with Crippen LogP contribution in [0.1, 0.15) is 74.4 Å². The smallest absolute Gasteiger partial charge is 0.343 e. The summed E-state index contributed by atoms with van der Waals surface area (Å²) in [6.07, 6.45) is 0.904. The van der Waals surface area contributed by atoms with Gasteiger partial charge in [-0.2, -0.15) is 0 Å². The largest absolute Gasteiger partial charge is 0.458 e. The molecule has 3 aromatic rings. The van der Waals surface area contributed by atoms with E-state index < -0.39 is 34.6 Å². The number of pyridine rings is 2. The van der Waals surface area contributed by atoms with Gasteiger partial charge in [-0.1, -0.05) is 18.5 Å². The highest BCUT2D eigenvalue weighted by Crippen LogP contribution is 2.46. The predicted molar refractivity (Wildman–Crippen MR) is 144 cm³/mol. The topological polar surface area (TPSA) is 120 Å². The molecule has 0 bridgehead atoms. The summed E-state index contributed by atoms with van der Waals surface area (Å²) in [5.41, 5.74) is 0.751. The molecule has 0 saturated heterocycles. The normalized spacial score (nSPS) is 21.1. The fourth-order valence-corrected chi connectivity index (χ4v) is 6.26. The minimum absolute atomic E-state index is 0.0167. The summed E-state index contributed by atoms with van der Waals surface area (Å²) in [4.78, 5) is 43.9. The second kappa shape index (κ2) is 9.09. The Kier molecular flexibility index (Phi) is 6.10. The van der Waals surface area contributed by atoms with Gasteiger partial charge in [0, 0.05) is 22.6 Å². The molecule has 0 spiro atoms. The molecule has 2 N–H and O–H groups in total. The zero-order chi connectivity index (χ0) is 28.7. The Morgan fingerprint density at radius 2 is 2.05 bits per heavy atom. The van der Waals surface area contributed by atoms with Crippen LogP contribution in [-0.4, -0.2) is 38.7 Å². The molecule has 3 aliphatic rings. The molecule has 9 nitrogen and oxygen atoms in total. The SMILES string of the molecule is CC[C@@]1(O)C(=O)OCc2c1cc1n(c2=O)Cc2c-1nc1cc(F)c(Cl)c3c1c2[C@H](NC(=O)COC(C)(C)C)CC3. The van der Waals surface area contributed by atoms with E-state index in [1.54, 1.807) is 13.0 Å². The van der Waals surface area contributed by atoms with Crippen molar-refractivity contribution in [3.05, 3.63) is 61.1 Å². The van der Waals surface area contributed by atoms with E-state index in [1.807, 2.05) is 20.8 Å². The van der Waals surface area contributed by atoms with Crippen molar-refractivity contribution in [3.63, 3.8) is 0 Å². The fraction of sp³-hybridized carbons (Fsp3) is 0.448. The number of amides is 1. The maximum Gasteiger partial charge on any atom is 0.343 e. The van der Waals surface area contributed by atoms with Crippen molar-refractivity contribution in [1.82, 2.24) is 14.9 Å². The molecule has 1 amide bonds. The van der Waals surface area contributed by atoms with Crippen LogP contribution in [-0.2, 0) is 44.2 Å². The van der Waals surface area contributed by atoms with E-state index in [1.165, 1.54) is 10.6 Å². The molecule has 6 rings (SSSR count). The van der Waals surface area contributed by atoms with Crippen LogP contribution in [0.2, 0.25) is 5.02 Å². The van der Waals surface area contributed by atoms with Crippen molar-refractivity contribution in [2.24, 2.45) is 0 Å². The Balaban J connectivity index is 1.55. The maximum atomic E-state index is 14.9. The van der Waals surface area contributed by atoms with Gasteiger partial charge in [0.1, 0.15) is 19.0 Å². The van der Waals surface area contributed by atoms with E-state index in [9.17, 15) is 23.9 Å². The third-order valence-corrected chi connectivity index (χ3v) is 8.42. The van der Waals surface area contributed by atoms with Gasteiger partial charge in [0.25, 0.3) is 5.56 Å². The number of hydrogen-bond acceptors (Lipinski definition) is 7. The summed E-state index contributed by atoms with van der Waals surface area (Å²) < 4.78 is 27.2. The Bertz CT molecular complexity index is 1690. The zero-order valence-electron chi connectivity index (χ0n) is 22.6. The molecule has 1 aromatic carbocycles. The van der Waals surface area contributed by atoms with Crippen LogP contribution in [0.15, 0.2) is 16.9 Å². The van der Waals surface area contributed by atoms with Gasteiger partial charge in [0.15, 0.2) is 5.60 Å². The molecule has 210 valence electrons. The van der Waals surface area contributed by atoms with Crippen molar-refractivity contribution >= 4 is 34.4 Å². The van der Waals surface area contributed by atoms with E-state index in [2.05, 4.69) is 5.32 Å². The number of nitrogens with one attached hydrogen (secondary N) is 1. The average Bonchev–Trinajstić information content (AvgIpc) is 3.27. The minimum Gasteiger partial charge on any atom is -0.458 e. The highest BCUT2D eigenvalue weighted by Gasteiger charge is 2.46. The quantitative estimate of drug-likeness (QED) is 0.359. The Hall–Kier alpha value is -3.34. The van der Waals surface area contributed by atoms with Crippen LogP contribution >= 0.6 is 11.6 Å². The number of nitrogens with zero attached hydrogens (tertiary/aromatic N) is 2. The number of hydrogen-bond donors (Lipinski definition) is 2. The lowest BCUT2D eigenvalue weighted by atomic mass is 9.83. The number of aromatic nitrogens is 2. The van der Waals surface area contributed by atoms with Crippen LogP contribution in [0, 0.1) is 5.82 Å². The fourth-order valence-electron chi connectivity index (χ4n) is 6.02. The summed E-state index contributed by atoms with van der Waals surface area (Å²) in [6.45, 7) is 6.98. The number of esters is 1. The summed E-state index contributed by atoms with van der Waals surface area (Å²) in [5.74, 6) is -1.72. The number of aliphatic hydroxyl groups is 1. The number of carbonyl (C=O) groups is 2. The van der Waals surface area contributed by atoms with Gasteiger partial charge in [-0.15, -0.1) is 0 Å². The molecule has 0 fully saturated rings. The Morgan fingerprint density at radius 1 is 1.30 bits per heavy atom. The summed E-state index contributed by atoms with van der Waals surface area (Å²) >= 11 is 6.41. The van der Waals surface area contributed by atoms with E-state index in [0.717, 1.165) is 5.56 Å². The van der Waals surface area contributed by atoms with Gasteiger partial charge < -0.3 is 24.5 Å². The third-order valence-electron chi connectivity index (χ3n) is 8.01. The van der Waals surface area contributed by atoms with Crippen molar-refractivity contribution < 1.29 is 28.6 Å². The highest BCUT2D eigenvalue weighted by atomic mass is 35.5. The number of carbonyl (C=O) groups excluding carboxylic acids is 2. The van der Waals surface area contributed by atoms with Crippen LogP contribution in [0.5, 0.6) is 0 Å². The zero-order valence-corrected chi connectivity index (χ0v) is 23.4. The standard InChI is InChI=1S/C29H29ClFN3O6/c1-5-29(38)16-8-20-25-14(10-34(20)26(36)15(16)11-39-27(29)37)23-18(32-21(35)12-40-28(2,3)4)7-6-13-22(23)19(33-25)9-17(31)24(13)30/h8-9,18,38H,5-7,10-12H2,1-4H3,(H,32,35)/t18-,29+/m1/s1. The first-order chi connectivity index (χ1) is 18.8. The third kappa shape index (κ3) is 3.95. The van der Waals surface area contributed by atoms with Crippen LogP contribution in [0.3, 0.4) is 0 Å². The number of rotatable bonds is 4. The average molecular weight is 570 g/mol. The van der Waals surface area contributed by atoms with Gasteiger partial charge >= 0.3 is 5.97 Å². The summed E-state index contributed by atoms with van der Waals surface area (Å²) in [6, 6.07) is 2.41. The molecule has 40 heavy (non-hydrogen) atoms.